The van der Waals surface area contributed by atoms with Gasteiger partial charge in [-0.3, -0.25) is 20.4 Å². The second kappa shape index (κ2) is 7.45. The van der Waals surface area contributed by atoms with E-state index in [1.54, 1.807) is 31.2 Å². The van der Waals surface area contributed by atoms with Gasteiger partial charge < -0.3 is 4.74 Å². The summed E-state index contributed by atoms with van der Waals surface area (Å²) in [5, 5.41) is 0. The molecule has 1 atom stereocenters. The lowest BCUT2D eigenvalue weighted by Gasteiger charge is -2.17. The van der Waals surface area contributed by atoms with Crippen molar-refractivity contribution in [3.8, 4) is 5.75 Å². The van der Waals surface area contributed by atoms with Crippen LogP contribution < -0.4 is 15.6 Å². The van der Waals surface area contributed by atoms with E-state index in [0.717, 1.165) is 11.1 Å². The van der Waals surface area contributed by atoms with Crippen LogP contribution in [0.5, 0.6) is 5.75 Å². The van der Waals surface area contributed by atoms with Crippen LogP contribution in [0.3, 0.4) is 0 Å². The Kier molecular flexibility index (Phi) is 5.36. The Bertz CT molecular complexity index is 699. The summed E-state index contributed by atoms with van der Waals surface area (Å²) in [6.07, 6.45) is -0.730. The van der Waals surface area contributed by atoms with Gasteiger partial charge in [0, 0.05) is 5.56 Å². The Labute approximate surface area is 135 Å². The Morgan fingerprint density at radius 1 is 0.957 bits per heavy atom. The van der Waals surface area contributed by atoms with E-state index in [1.165, 1.54) is 0 Å². The van der Waals surface area contributed by atoms with Crippen molar-refractivity contribution in [3.63, 3.8) is 0 Å². The van der Waals surface area contributed by atoms with E-state index >= 15 is 0 Å². The SMILES string of the molecule is Cc1cccc(O[C@H](C)C(=O)NNC(=O)c2ccccc2)c1C. The van der Waals surface area contributed by atoms with Crippen LogP contribution in [0, 0.1) is 13.8 Å². The van der Waals surface area contributed by atoms with Crippen molar-refractivity contribution in [1.82, 2.24) is 10.9 Å². The standard InChI is InChI=1S/C18H20N2O3/c1-12-8-7-11-16(13(12)2)23-14(3)17(21)19-20-18(22)15-9-5-4-6-10-15/h4-11,14H,1-3H3,(H,19,21)(H,20,22)/t14-/m1/s1. The molecular weight excluding hydrogens is 292 g/mol. The average Bonchev–Trinajstić information content (AvgIpc) is 2.57. The summed E-state index contributed by atoms with van der Waals surface area (Å²) in [6.45, 7) is 5.55. The number of hydrazine groups is 1. The maximum atomic E-state index is 12.0. The fraction of sp³-hybridized carbons (Fsp3) is 0.222. The molecule has 23 heavy (non-hydrogen) atoms. The summed E-state index contributed by atoms with van der Waals surface area (Å²) >= 11 is 0. The third-order valence-electron chi connectivity index (χ3n) is 3.56. The van der Waals surface area contributed by atoms with Crippen LogP contribution in [-0.2, 0) is 4.79 Å². The molecule has 2 rings (SSSR count). The fourth-order valence-electron chi connectivity index (χ4n) is 1.98. The monoisotopic (exact) mass is 312 g/mol. The molecule has 2 aromatic carbocycles. The molecule has 0 aromatic heterocycles. The number of benzene rings is 2. The van der Waals surface area contributed by atoms with Gasteiger partial charge in [-0.1, -0.05) is 30.3 Å². The zero-order chi connectivity index (χ0) is 16.8. The van der Waals surface area contributed by atoms with Gasteiger partial charge in [0.25, 0.3) is 11.8 Å². The smallest absolute Gasteiger partial charge is 0.279 e. The second-order valence-corrected chi connectivity index (χ2v) is 5.27. The van der Waals surface area contributed by atoms with Gasteiger partial charge in [0.2, 0.25) is 0 Å². The van der Waals surface area contributed by atoms with E-state index in [0.29, 0.717) is 11.3 Å². The molecule has 0 aliphatic heterocycles. The minimum Gasteiger partial charge on any atom is -0.481 e. The molecule has 2 aromatic rings. The molecule has 0 fully saturated rings. The highest BCUT2D eigenvalue weighted by Crippen LogP contribution is 2.21. The number of carbonyl (C=O) groups excluding carboxylic acids is 2. The number of carbonyl (C=O) groups is 2. The molecule has 0 aliphatic rings. The third kappa shape index (κ3) is 4.32. The molecule has 5 nitrogen and oxygen atoms in total. The molecule has 2 N–H and O–H groups in total. The first-order valence-electron chi connectivity index (χ1n) is 7.37. The van der Waals surface area contributed by atoms with Gasteiger partial charge in [-0.15, -0.1) is 0 Å². The topological polar surface area (TPSA) is 67.4 Å². The van der Waals surface area contributed by atoms with Crippen molar-refractivity contribution in [3.05, 3.63) is 65.2 Å². The van der Waals surface area contributed by atoms with E-state index in [9.17, 15) is 9.59 Å². The van der Waals surface area contributed by atoms with E-state index in [4.69, 9.17) is 4.74 Å². The lowest BCUT2D eigenvalue weighted by atomic mass is 10.1. The number of hydrogen-bond donors (Lipinski definition) is 2. The van der Waals surface area contributed by atoms with Crippen LogP contribution in [0.15, 0.2) is 48.5 Å². The zero-order valence-corrected chi connectivity index (χ0v) is 13.4. The van der Waals surface area contributed by atoms with Gasteiger partial charge in [0.15, 0.2) is 6.10 Å². The Hall–Kier alpha value is -2.82. The predicted octanol–water partition coefficient (Wildman–Crippen LogP) is 2.53. The van der Waals surface area contributed by atoms with E-state index in [1.807, 2.05) is 38.1 Å². The summed E-state index contributed by atoms with van der Waals surface area (Å²) in [5.74, 6) is -0.143. The quantitative estimate of drug-likeness (QED) is 0.853. The average molecular weight is 312 g/mol. The van der Waals surface area contributed by atoms with Crippen molar-refractivity contribution in [2.75, 3.05) is 0 Å². The minimum absolute atomic E-state index is 0.377. The lowest BCUT2D eigenvalue weighted by Crippen LogP contribution is -2.47. The Morgan fingerprint density at radius 2 is 1.65 bits per heavy atom. The Morgan fingerprint density at radius 3 is 2.35 bits per heavy atom. The molecule has 0 bridgehead atoms. The van der Waals surface area contributed by atoms with E-state index in [-0.39, 0.29) is 5.91 Å². The number of nitrogens with one attached hydrogen (secondary N) is 2. The first-order chi connectivity index (χ1) is 11.0. The summed E-state index contributed by atoms with van der Waals surface area (Å²) in [7, 11) is 0. The van der Waals surface area contributed by atoms with Gasteiger partial charge in [0.1, 0.15) is 5.75 Å². The molecule has 0 spiro atoms. The fourth-order valence-corrected chi connectivity index (χ4v) is 1.98. The van der Waals surface area contributed by atoms with Crippen LogP contribution in [0.25, 0.3) is 0 Å². The summed E-state index contributed by atoms with van der Waals surface area (Å²) in [4.78, 5) is 23.9. The van der Waals surface area contributed by atoms with E-state index in [2.05, 4.69) is 10.9 Å². The van der Waals surface area contributed by atoms with Crippen molar-refractivity contribution in [1.29, 1.82) is 0 Å². The normalized spacial score (nSPS) is 11.4. The van der Waals surface area contributed by atoms with Crippen molar-refractivity contribution in [2.24, 2.45) is 0 Å². The molecule has 0 aliphatic carbocycles. The maximum absolute atomic E-state index is 12.0. The van der Waals surface area contributed by atoms with Gasteiger partial charge >= 0.3 is 0 Å². The van der Waals surface area contributed by atoms with Gasteiger partial charge in [-0.2, -0.15) is 0 Å². The van der Waals surface area contributed by atoms with Crippen LogP contribution in [0.4, 0.5) is 0 Å². The zero-order valence-electron chi connectivity index (χ0n) is 13.4. The van der Waals surface area contributed by atoms with E-state index < -0.39 is 12.0 Å². The van der Waals surface area contributed by atoms with Crippen LogP contribution in [-0.4, -0.2) is 17.9 Å². The predicted molar refractivity (Wildman–Crippen MR) is 88.1 cm³/mol. The van der Waals surface area contributed by atoms with Crippen LogP contribution >= 0.6 is 0 Å². The number of aryl methyl sites for hydroxylation is 1. The maximum Gasteiger partial charge on any atom is 0.279 e. The van der Waals surface area contributed by atoms with Crippen LogP contribution in [0.2, 0.25) is 0 Å². The largest absolute Gasteiger partial charge is 0.481 e. The molecule has 0 saturated heterocycles. The number of hydrogen-bond acceptors (Lipinski definition) is 3. The summed E-state index contributed by atoms with van der Waals surface area (Å²) in [6, 6.07) is 14.3. The van der Waals surface area contributed by atoms with Crippen molar-refractivity contribution in [2.45, 2.75) is 26.9 Å². The molecule has 2 amide bonds. The highest BCUT2D eigenvalue weighted by atomic mass is 16.5. The first kappa shape index (κ1) is 16.5. The number of ether oxygens (including phenoxy) is 1. The highest BCUT2D eigenvalue weighted by molar-refractivity contribution is 5.95. The Balaban J connectivity index is 1.90. The van der Waals surface area contributed by atoms with Gasteiger partial charge in [-0.05, 0) is 50.1 Å². The minimum atomic E-state index is -0.730. The molecule has 5 heteroatoms. The molecular formula is C18H20N2O3. The van der Waals surface area contributed by atoms with Crippen molar-refractivity contribution < 1.29 is 14.3 Å². The summed E-state index contributed by atoms with van der Waals surface area (Å²) < 4.78 is 5.66. The number of rotatable bonds is 4. The molecule has 0 radical (unpaired) electrons. The summed E-state index contributed by atoms with van der Waals surface area (Å²) in [5.41, 5.74) is 7.29. The third-order valence-corrected chi connectivity index (χ3v) is 3.56. The highest BCUT2D eigenvalue weighted by Gasteiger charge is 2.17. The van der Waals surface area contributed by atoms with Crippen LogP contribution in [0.1, 0.15) is 28.4 Å². The molecule has 0 heterocycles. The van der Waals surface area contributed by atoms with Gasteiger partial charge in [0.05, 0.1) is 0 Å². The van der Waals surface area contributed by atoms with Crippen molar-refractivity contribution >= 4 is 11.8 Å². The second-order valence-electron chi connectivity index (χ2n) is 5.27. The molecule has 0 unspecified atom stereocenters. The first-order valence-corrected chi connectivity index (χ1v) is 7.37. The lowest BCUT2D eigenvalue weighted by molar-refractivity contribution is -0.128. The number of amides is 2. The molecule has 0 saturated carbocycles. The molecule has 120 valence electrons. The van der Waals surface area contributed by atoms with Gasteiger partial charge in [-0.25, -0.2) is 0 Å².